The standard InChI is InChI=1S/C27H21BrN6O3/c1-2-14-33-25(36)19-10-6-7-11-21(19)30-27(33)32-31-24-20-15-17(28)12-13-22(20)34(26(24)37)16-23(35)29-18-8-4-3-5-9-18/h2-13,15,37H,1,14,16H2,(H,29,35). The van der Waals surface area contributed by atoms with Gasteiger partial charge in [0.2, 0.25) is 11.8 Å². The number of nitrogens with zero attached hydrogens (tertiary/aromatic N) is 5. The molecule has 2 heterocycles. The molecule has 9 nitrogen and oxygen atoms in total. The van der Waals surface area contributed by atoms with Crippen LogP contribution in [0, 0.1) is 0 Å². The lowest BCUT2D eigenvalue weighted by molar-refractivity contribution is -0.116. The van der Waals surface area contributed by atoms with E-state index in [0.717, 1.165) is 4.47 Å². The number of carbonyl (C=O) groups excluding carboxylic acids is 1. The van der Waals surface area contributed by atoms with Crippen LogP contribution in [0.15, 0.2) is 105 Å². The van der Waals surface area contributed by atoms with Crippen LogP contribution in [0.2, 0.25) is 0 Å². The molecule has 5 aromatic rings. The molecular weight excluding hydrogens is 536 g/mol. The van der Waals surface area contributed by atoms with Gasteiger partial charge in [0.05, 0.1) is 16.4 Å². The maximum absolute atomic E-state index is 13.0. The van der Waals surface area contributed by atoms with Crippen LogP contribution in [0.4, 0.5) is 17.3 Å². The number of nitrogens with one attached hydrogen (secondary N) is 1. The SMILES string of the molecule is C=CCn1c(N=Nc2c(O)n(CC(=O)Nc3ccccc3)c3ccc(Br)cc23)nc2ccccc2c1=O. The summed E-state index contributed by atoms with van der Waals surface area (Å²) >= 11 is 3.45. The number of hydrogen-bond acceptors (Lipinski definition) is 6. The fraction of sp³-hybridized carbons (Fsp3) is 0.0741. The minimum atomic E-state index is -0.319. The van der Waals surface area contributed by atoms with Crippen molar-refractivity contribution in [2.24, 2.45) is 10.2 Å². The van der Waals surface area contributed by atoms with Crippen molar-refractivity contribution in [3.63, 3.8) is 0 Å². The number of aromatic hydroxyl groups is 1. The number of rotatable bonds is 7. The van der Waals surface area contributed by atoms with Crippen LogP contribution in [0.25, 0.3) is 21.8 Å². The van der Waals surface area contributed by atoms with Crippen LogP contribution < -0.4 is 10.9 Å². The highest BCUT2D eigenvalue weighted by atomic mass is 79.9. The lowest BCUT2D eigenvalue weighted by Gasteiger charge is -2.08. The quantitative estimate of drug-likeness (QED) is 0.187. The van der Waals surface area contributed by atoms with Crippen molar-refractivity contribution in [1.82, 2.24) is 14.1 Å². The van der Waals surface area contributed by atoms with E-state index in [1.807, 2.05) is 18.2 Å². The zero-order valence-electron chi connectivity index (χ0n) is 19.5. The largest absolute Gasteiger partial charge is 0.493 e. The molecule has 184 valence electrons. The molecule has 2 aromatic heterocycles. The number of fused-ring (bicyclic) bond motifs is 2. The van der Waals surface area contributed by atoms with Crippen LogP contribution in [0.5, 0.6) is 5.88 Å². The molecule has 0 aliphatic carbocycles. The molecule has 0 spiro atoms. The molecule has 0 saturated carbocycles. The lowest BCUT2D eigenvalue weighted by atomic mass is 10.2. The van der Waals surface area contributed by atoms with E-state index in [0.29, 0.717) is 27.5 Å². The van der Waals surface area contributed by atoms with Crippen molar-refractivity contribution < 1.29 is 9.90 Å². The number of aromatic nitrogens is 3. The number of azo groups is 1. The maximum atomic E-state index is 13.0. The zero-order chi connectivity index (χ0) is 25.9. The molecule has 0 unspecified atom stereocenters. The monoisotopic (exact) mass is 556 g/mol. The fourth-order valence-electron chi connectivity index (χ4n) is 4.04. The first-order chi connectivity index (χ1) is 18.0. The highest BCUT2D eigenvalue weighted by Gasteiger charge is 2.20. The number of para-hydroxylation sites is 2. The van der Waals surface area contributed by atoms with Crippen molar-refractivity contribution in [3.8, 4) is 5.88 Å². The summed E-state index contributed by atoms with van der Waals surface area (Å²) in [5, 5.41) is 23.5. The Morgan fingerprint density at radius 2 is 1.78 bits per heavy atom. The molecule has 5 rings (SSSR count). The van der Waals surface area contributed by atoms with E-state index in [4.69, 9.17) is 0 Å². The molecule has 0 aliphatic heterocycles. The van der Waals surface area contributed by atoms with Crippen LogP contribution in [-0.2, 0) is 17.9 Å². The maximum Gasteiger partial charge on any atom is 0.263 e. The van der Waals surface area contributed by atoms with Gasteiger partial charge in [-0.3, -0.25) is 14.2 Å². The number of allylic oxidation sites excluding steroid dienone is 1. The Morgan fingerprint density at radius 1 is 1.03 bits per heavy atom. The molecule has 0 fully saturated rings. The summed E-state index contributed by atoms with van der Waals surface area (Å²) in [4.78, 5) is 30.3. The molecule has 1 amide bonds. The summed E-state index contributed by atoms with van der Waals surface area (Å²) in [5.74, 6) is -0.486. The van der Waals surface area contributed by atoms with Crippen molar-refractivity contribution in [3.05, 3.63) is 100 Å². The number of hydrogen-bond donors (Lipinski definition) is 2. The Balaban J connectivity index is 1.58. The van der Waals surface area contributed by atoms with Crippen LogP contribution in [0.3, 0.4) is 0 Å². The average molecular weight is 557 g/mol. The Bertz CT molecular complexity index is 1740. The van der Waals surface area contributed by atoms with Gasteiger partial charge in [-0.1, -0.05) is 52.3 Å². The predicted molar refractivity (Wildman–Crippen MR) is 147 cm³/mol. The normalized spacial score (nSPS) is 11.4. The van der Waals surface area contributed by atoms with Crippen molar-refractivity contribution in [2.45, 2.75) is 13.1 Å². The second-order valence-corrected chi connectivity index (χ2v) is 9.08. The second kappa shape index (κ2) is 10.2. The van der Waals surface area contributed by atoms with Gasteiger partial charge in [-0.2, -0.15) is 0 Å². The number of anilines is 1. The molecular formula is C27H21BrN6O3. The highest BCUT2D eigenvalue weighted by molar-refractivity contribution is 9.10. The first kappa shape index (κ1) is 24.1. The van der Waals surface area contributed by atoms with E-state index in [1.165, 1.54) is 9.13 Å². The van der Waals surface area contributed by atoms with Crippen LogP contribution >= 0.6 is 15.9 Å². The van der Waals surface area contributed by atoms with Gasteiger partial charge in [-0.25, -0.2) is 4.98 Å². The third-order valence-electron chi connectivity index (χ3n) is 5.72. The summed E-state index contributed by atoms with van der Waals surface area (Å²) in [5.41, 5.74) is 1.60. The molecule has 37 heavy (non-hydrogen) atoms. The first-order valence-electron chi connectivity index (χ1n) is 11.3. The van der Waals surface area contributed by atoms with E-state index >= 15 is 0 Å². The Morgan fingerprint density at radius 3 is 2.57 bits per heavy atom. The Hall–Kier alpha value is -4.57. The Labute approximate surface area is 219 Å². The second-order valence-electron chi connectivity index (χ2n) is 8.17. The number of carbonyl (C=O) groups is 1. The predicted octanol–water partition coefficient (Wildman–Crippen LogP) is 6.06. The molecule has 3 aromatic carbocycles. The third kappa shape index (κ3) is 4.78. The number of amides is 1. The van der Waals surface area contributed by atoms with E-state index in [1.54, 1.807) is 60.7 Å². The topological polar surface area (TPSA) is 114 Å². The summed E-state index contributed by atoms with van der Waals surface area (Å²) in [7, 11) is 0. The summed E-state index contributed by atoms with van der Waals surface area (Å²) in [6.45, 7) is 3.75. The number of halogens is 1. The molecule has 0 bridgehead atoms. The summed E-state index contributed by atoms with van der Waals surface area (Å²) < 4.78 is 3.58. The van der Waals surface area contributed by atoms with Crippen LogP contribution in [-0.4, -0.2) is 25.1 Å². The molecule has 2 N–H and O–H groups in total. The lowest BCUT2D eigenvalue weighted by Crippen LogP contribution is -2.20. The fourth-order valence-corrected chi connectivity index (χ4v) is 4.40. The van der Waals surface area contributed by atoms with Gasteiger partial charge in [-0.05, 0) is 42.5 Å². The van der Waals surface area contributed by atoms with Gasteiger partial charge in [0, 0.05) is 22.1 Å². The first-order valence-corrected chi connectivity index (χ1v) is 12.1. The van der Waals surface area contributed by atoms with Gasteiger partial charge in [0.25, 0.3) is 11.5 Å². The molecule has 10 heteroatoms. The third-order valence-corrected chi connectivity index (χ3v) is 6.22. The molecule has 0 radical (unpaired) electrons. The minimum absolute atomic E-state index is 0.0701. The van der Waals surface area contributed by atoms with E-state index in [-0.39, 0.29) is 42.1 Å². The highest BCUT2D eigenvalue weighted by Crippen LogP contribution is 2.40. The van der Waals surface area contributed by atoms with Crippen molar-refractivity contribution in [2.75, 3.05) is 5.32 Å². The molecule has 0 saturated heterocycles. The van der Waals surface area contributed by atoms with Gasteiger partial charge in [0.15, 0.2) is 5.69 Å². The number of benzene rings is 3. The van der Waals surface area contributed by atoms with E-state index < -0.39 is 0 Å². The average Bonchev–Trinajstić information content (AvgIpc) is 3.14. The van der Waals surface area contributed by atoms with Gasteiger partial charge < -0.3 is 15.0 Å². The smallest absolute Gasteiger partial charge is 0.263 e. The molecule has 0 atom stereocenters. The van der Waals surface area contributed by atoms with Gasteiger partial charge in [0.1, 0.15) is 6.54 Å². The van der Waals surface area contributed by atoms with E-state index in [2.05, 4.69) is 43.0 Å². The zero-order valence-corrected chi connectivity index (χ0v) is 21.1. The molecule has 0 aliphatic rings. The van der Waals surface area contributed by atoms with Crippen molar-refractivity contribution >= 4 is 61.0 Å². The minimum Gasteiger partial charge on any atom is -0.493 e. The van der Waals surface area contributed by atoms with Gasteiger partial charge in [-0.15, -0.1) is 16.8 Å². The van der Waals surface area contributed by atoms with E-state index in [9.17, 15) is 14.7 Å². The summed E-state index contributed by atoms with van der Waals surface area (Å²) in [6.07, 6.45) is 1.57. The van der Waals surface area contributed by atoms with Gasteiger partial charge >= 0.3 is 0 Å². The summed E-state index contributed by atoms with van der Waals surface area (Å²) in [6, 6.07) is 21.4. The van der Waals surface area contributed by atoms with Crippen molar-refractivity contribution in [1.29, 1.82) is 0 Å². The Kier molecular flexibility index (Phi) is 6.65. The van der Waals surface area contributed by atoms with Crippen LogP contribution in [0.1, 0.15) is 0 Å².